The van der Waals surface area contributed by atoms with Crippen LogP contribution in [0, 0.1) is 5.82 Å². The fraction of sp³-hybridized carbons (Fsp3) is 0. The number of carbonyl (C=O) groups excluding carboxylic acids is 1. The minimum atomic E-state index is -0.547. The molecule has 0 saturated carbocycles. The van der Waals surface area contributed by atoms with Crippen molar-refractivity contribution >= 4 is 35.0 Å². The van der Waals surface area contributed by atoms with Crippen LogP contribution in [0.5, 0.6) is 0 Å². The molecule has 0 bridgehead atoms. The molecule has 0 spiro atoms. The van der Waals surface area contributed by atoms with Crippen molar-refractivity contribution in [2.75, 3.05) is 16.4 Å². The molecule has 2 amide bonds. The first-order valence-corrected chi connectivity index (χ1v) is 7.33. The third kappa shape index (κ3) is 3.64. The molecule has 0 saturated heterocycles. The number of nitrogens with zero attached hydrogens (tertiary/aromatic N) is 1. The monoisotopic (exact) mass is 345 g/mol. The van der Waals surface area contributed by atoms with Gasteiger partial charge in [-0.3, -0.25) is 0 Å². The van der Waals surface area contributed by atoms with Crippen molar-refractivity contribution in [1.29, 1.82) is 0 Å². The number of nitrogen functional groups attached to an aromatic ring is 1. The maximum absolute atomic E-state index is 13.1. The molecule has 0 aliphatic heterocycles. The number of rotatable bonds is 3. The van der Waals surface area contributed by atoms with Crippen LogP contribution in [0.25, 0.3) is 11.3 Å². The van der Waals surface area contributed by atoms with Crippen molar-refractivity contribution < 1.29 is 9.18 Å². The minimum absolute atomic E-state index is 0.0633. The predicted molar refractivity (Wildman–Crippen MR) is 92.5 cm³/mol. The number of halogens is 2. The van der Waals surface area contributed by atoms with Gasteiger partial charge in [-0.25, -0.2) is 14.2 Å². The molecule has 3 aromatic rings. The molecule has 0 radical (unpaired) electrons. The van der Waals surface area contributed by atoms with Gasteiger partial charge in [-0.2, -0.15) is 0 Å². The van der Waals surface area contributed by atoms with Gasteiger partial charge in [0.2, 0.25) is 0 Å². The van der Waals surface area contributed by atoms with E-state index in [-0.39, 0.29) is 5.02 Å². The van der Waals surface area contributed by atoms with Crippen LogP contribution in [-0.2, 0) is 0 Å². The Bertz CT molecular complexity index is 896. The maximum atomic E-state index is 13.1. The highest BCUT2D eigenvalue weighted by Gasteiger charge is 2.07. The van der Waals surface area contributed by atoms with Crippen molar-refractivity contribution in [2.45, 2.75) is 0 Å². The molecule has 6 nitrogen and oxygen atoms in total. The number of hydrogen-bond acceptors (Lipinski definition) is 3. The Balaban J connectivity index is 1.71. The number of aromatic amines is 1. The molecule has 1 aromatic heterocycles. The summed E-state index contributed by atoms with van der Waals surface area (Å²) in [6, 6.07) is 10.6. The molecule has 8 heteroatoms. The lowest BCUT2D eigenvalue weighted by Gasteiger charge is -2.09. The number of aromatic nitrogens is 2. The summed E-state index contributed by atoms with van der Waals surface area (Å²) in [5, 5.41) is 5.21. The second-order valence-corrected chi connectivity index (χ2v) is 5.38. The van der Waals surface area contributed by atoms with Crippen LogP contribution in [-0.4, -0.2) is 16.0 Å². The van der Waals surface area contributed by atoms with Gasteiger partial charge in [-0.05, 0) is 30.3 Å². The van der Waals surface area contributed by atoms with Gasteiger partial charge in [0, 0.05) is 16.9 Å². The van der Waals surface area contributed by atoms with Crippen molar-refractivity contribution in [2.24, 2.45) is 0 Å². The van der Waals surface area contributed by atoms with Gasteiger partial charge < -0.3 is 21.4 Å². The molecule has 0 aliphatic rings. The van der Waals surface area contributed by atoms with Gasteiger partial charge in [0.1, 0.15) is 5.82 Å². The molecule has 0 unspecified atom stereocenters. The molecule has 1 heterocycles. The number of H-pyrrole nitrogens is 1. The SMILES string of the molecule is Nc1ncc(-c2cccc(NC(=O)Nc3ccc(F)c(Cl)c3)c2)[nH]1. The topological polar surface area (TPSA) is 95.8 Å². The third-order valence-electron chi connectivity index (χ3n) is 3.20. The Morgan fingerprint density at radius 2 is 1.92 bits per heavy atom. The van der Waals surface area contributed by atoms with Crippen LogP contribution in [0.1, 0.15) is 0 Å². The number of nitrogens with two attached hydrogens (primary N) is 1. The van der Waals surface area contributed by atoms with E-state index in [0.717, 1.165) is 11.3 Å². The smallest absolute Gasteiger partial charge is 0.323 e. The predicted octanol–water partition coefficient (Wildman–Crippen LogP) is 4.10. The van der Waals surface area contributed by atoms with E-state index in [0.29, 0.717) is 17.3 Å². The second kappa shape index (κ2) is 6.59. The van der Waals surface area contributed by atoms with Gasteiger partial charge in [-0.1, -0.05) is 23.7 Å². The van der Waals surface area contributed by atoms with Crippen LogP contribution in [0.2, 0.25) is 5.02 Å². The first-order chi connectivity index (χ1) is 11.5. The normalized spacial score (nSPS) is 10.4. The number of benzene rings is 2. The van der Waals surface area contributed by atoms with E-state index in [4.69, 9.17) is 17.3 Å². The van der Waals surface area contributed by atoms with E-state index < -0.39 is 11.8 Å². The maximum Gasteiger partial charge on any atom is 0.323 e. The molecule has 24 heavy (non-hydrogen) atoms. The van der Waals surface area contributed by atoms with Gasteiger partial charge in [0.05, 0.1) is 16.9 Å². The fourth-order valence-electron chi connectivity index (χ4n) is 2.12. The zero-order valence-corrected chi connectivity index (χ0v) is 13.1. The third-order valence-corrected chi connectivity index (χ3v) is 3.49. The first kappa shape index (κ1) is 15.8. The van der Waals surface area contributed by atoms with Crippen molar-refractivity contribution in [3.05, 3.63) is 59.5 Å². The summed E-state index contributed by atoms with van der Waals surface area (Å²) in [5.41, 5.74) is 8.08. The van der Waals surface area contributed by atoms with Gasteiger partial charge in [0.15, 0.2) is 5.95 Å². The van der Waals surface area contributed by atoms with E-state index in [2.05, 4.69) is 20.6 Å². The lowest BCUT2D eigenvalue weighted by Crippen LogP contribution is -2.19. The standard InChI is InChI=1S/C16H13ClFN5O/c17-12-7-11(4-5-13(12)18)22-16(24)21-10-3-1-2-9(6-10)14-8-20-15(19)23-14/h1-8H,(H3,19,20,23)(H2,21,22,24). The highest BCUT2D eigenvalue weighted by atomic mass is 35.5. The first-order valence-electron chi connectivity index (χ1n) is 6.95. The van der Waals surface area contributed by atoms with Gasteiger partial charge in [0.25, 0.3) is 0 Å². The molecule has 0 atom stereocenters. The molecular weight excluding hydrogens is 333 g/mol. The fourth-order valence-corrected chi connectivity index (χ4v) is 2.30. The summed E-state index contributed by atoms with van der Waals surface area (Å²) in [6.45, 7) is 0. The molecule has 5 N–H and O–H groups in total. The van der Waals surface area contributed by atoms with E-state index in [1.165, 1.54) is 18.2 Å². The quantitative estimate of drug-likeness (QED) is 0.575. The largest absolute Gasteiger partial charge is 0.369 e. The highest BCUT2D eigenvalue weighted by molar-refractivity contribution is 6.31. The number of nitrogens with one attached hydrogen (secondary N) is 3. The van der Waals surface area contributed by atoms with Crippen molar-refractivity contribution in [3.8, 4) is 11.3 Å². The zero-order chi connectivity index (χ0) is 17.1. The summed E-state index contributed by atoms with van der Waals surface area (Å²) in [6.07, 6.45) is 1.61. The summed E-state index contributed by atoms with van der Waals surface area (Å²) in [4.78, 5) is 18.9. The lowest BCUT2D eigenvalue weighted by atomic mass is 10.1. The van der Waals surface area contributed by atoms with Crippen LogP contribution in [0.3, 0.4) is 0 Å². The number of carbonyl (C=O) groups is 1. The van der Waals surface area contributed by atoms with Crippen molar-refractivity contribution in [1.82, 2.24) is 9.97 Å². The Kier molecular flexibility index (Phi) is 4.35. The average molecular weight is 346 g/mol. The molecule has 122 valence electrons. The number of anilines is 3. The minimum Gasteiger partial charge on any atom is -0.369 e. The summed E-state index contributed by atoms with van der Waals surface area (Å²) < 4.78 is 13.1. The summed E-state index contributed by atoms with van der Waals surface area (Å²) in [5.74, 6) is -0.233. The van der Waals surface area contributed by atoms with Crippen LogP contribution in [0.15, 0.2) is 48.7 Å². The highest BCUT2D eigenvalue weighted by Crippen LogP contribution is 2.22. The molecular formula is C16H13ClFN5O. The summed E-state index contributed by atoms with van der Waals surface area (Å²) >= 11 is 5.68. The number of urea groups is 1. The molecule has 2 aromatic carbocycles. The van der Waals surface area contributed by atoms with E-state index >= 15 is 0 Å². The van der Waals surface area contributed by atoms with Crippen LogP contribution < -0.4 is 16.4 Å². The average Bonchev–Trinajstić information content (AvgIpc) is 2.98. The van der Waals surface area contributed by atoms with Crippen LogP contribution >= 0.6 is 11.6 Å². The zero-order valence-electron chi connectivity index (χ0n) is 12.3. The van der Waals surface area contributed by atoms with E-state index in [1.54, 1.807) is 24.4 Å². The molecule has 0 aliphatic carbocycles. The Morgan fingerprint density at radius 3 is 2.58 bits per heavy atom. The number of hydrogen-bond donors (Lipinski definition) is 4. The number of amides is 2. The Labute approximate surface area is 141 Å². The second-order valence-electron chi connectivity index (χ2n) is 4.97. The van der Waals surface area contributed by atoms with Crippen LogP contribution in [0.4, 0.5) is 26.5 Å². The van der Waals surface area contributed by atoms with E-state index in [1.807, 2.05) is 6.07 Å². The Hall–Kier alpha value is -3.06. The van der Waals surface area contributed by atoms with E-state index in [9.17, 15) is 9.18 Å². The van der Waals surface area contributed by atoms with Crippen molar-refractivity contribution in [3.63, 3.8) is 0 Å². The number of imidazole rings is 1. The molecule has 0 fully saturated rings. The molecule has 3 rings (SSSR count). The van der Waals surface area contributed by atoms with Gasteiger partial charge in [-0.15, -0.1) is 0 Å². The van der Waals surface area contributed by atoms with Gasteiger partial charge >= 0.3 is 6.03 Å². The Morgan fingerprint density at radius 1 is 1.17 bits per heavy atom. The summed E-state index contributed by atoms with van der Waals surface area (Å²) in [7, 11) is 0. The lowest BCUT2D eigenvalue weighted by molar-refractivity contribution is 0.262.